The Morgan fingerprint density at radius 3 is 1.36 bits per heavy atom. The molecule has 4 nitrogen and oxygen atoms in total. The van der Waals surface area contributed by atoms with Crippen molar-refractivity contribution < 1.29 is 92.4 Å². The van der Waals surface area contributed by atoms with Gasteiger partial charge in [0.05, 0.1) is 0 Å². The van der Waals surface area contributed by atoms with Gasteiger partial charge in [0.1, 0.15) is 11.5 Å². The minimum Gasteiger partial charge on any atom is -0.743 e. The summed E-state index contributed by atoms with van der Waals surface area (Å²) in [5.74, 6) is -45.0. The van der Waals surface area contributed by atoms with E-state index in [-0.39, 0.29) is 0 Å². The fourth-order valence-electron chi connectivity index (χ4n) is 3.75. The Kier molecular flexibility index (Phi) is 12.4. The van der Waals surface area contributed by atoms with Gasteiger partial charge in [-0.1, -0.05) is 19.3 Å². The number of carbonyl (C=O) groups excluding carboxylic acids is 1. The van der Waals surface area contributed by atoms with E-state index < -0.39 is 57.1 Å². The molecule has 2 aliphatic rings. The molecule has 2 fully saturated rings. The van der Waals surface area contributed by atoms with Crippen molar-refractivity contribution in [1.82, 2.24) is 0 Å². The molecule has 0 spiro atoms. The van der Waals surface area contributed by atoms with E-state index in [1.165, 1.54) is 55.1 Å². The first kappa shape index (κ1) is 41.1. The quantitative estimate of drug-likeness (QED) is 0.137. The highest BCUT2D eigenvalue weighted by Gasteiger charge is 2.95. The molecule has 0 aromatic rings. The molecule has 2 rings (SSSR count). The van der Waals surface area contributed by atoms with Crippen LogP contribution >= 0.6 is 11.8 Å². The molecular formula is C20H21F17O4S3. The van der Waals surface area contributed by atoms with Gasteiger partial charge in [-0.25, -0.2) is 8.42 Å². The summed E-state index contributed by atoms with van der Waals surface area (Å²) in [6, 6.07) is 0. The number of hydrogen-bond acceptors (Lipinski definition) is 5. The SMILES string of the molecule is O=C(C[S+]1CCSCC1)C1CCCCC1.O=S(=O)([O-])C(F)(F)C(F)(F)C(F)(F)C(F)(F)C(F)(F)C(F)(F)C(F)(F)C(F)(F)F. The van der Waals surface area contributed by atoms with Gasteiger partial charge in [-0.15, -0.1) is 0 Å². The van der Waals surface area contributed by atoms with Crippen molar-refractivity contribution in [2.45, 2.75) is 79.1 Å². The lowest BCUT2D eigenvalue weighted by atomic mass is 9.87. The number of halogens is 17. The lowest BCUT2D eigenvalue weighted by Gasteiger charge is -2.42. The molecular weight excluding hydrogens is 723 g/mol. The number of rotatable bonds is 10. The second-order valence-electron chi connectivity index (χ2n) is 9.49. The van der Waals surface area contributed by atoms with E-state index in [0.717, 1.165) is 5.75 Å². The maximum atomic E-state index is 13.0. The lowest BCUT2D eigenvalue weighted by Crippen LogP contribution is -2.75. The average Bonchev–Trinajstić information content (AvgIpc) is 2.88. The van der Waals surface area contributed by atoms with E-state index in [4.69, 9.17) is 0 Å². The maximum absolute atomic E-state index is 13.0. The Morgan fingerprint density at radius 1 is 0.636 bits per heavy atom. The number of carbonyl (C=O) groups is 1. The third-order valence-electron chi connectivity index (χ3n) is 6.45. The molecule has 262 valence electrons. The Balaban J connectivity index is 0.000000532. The van der Waals surface area contributed by atoms with Gasteiger partial charge in [-0.05, 0) is 23.7 Å². The van der Waals surface area contributed by atoms with E-state index >= 15 is 0 Å². The van der Waals surface area contributed by atoms with Crippen LogP contribution in [0.15, 0.2) is 0 Å². The molecule has 1 saturated heterocycles. The fraction of sp³-hybridized carbons (Fsp3) is 0.950. The molecule has 0 unspecified atom stereocenters. The van der Waals surface area contributed by atoms with Gasteiger partial charge < -0.3 is 4.55 Å². The Hall–Kier alpha value is -0.910. The van der Waals surface area contributed by atoms with Crippen LogP contribution in [0.2, 0.25) is 0 Å². The molecule has 0 aromatic heterocycles. The summed E-state index contributed by atoms with van der Waals surface area (Å²) in [7, 11) is -7.69. The van der Waals surface area contributed by atoms with Gasteiger partial charge in [-0.2, -0.15) is 86.4 Å². The second-order valence-corrected chi connectivity index (χ2v) is 14.5. The molecule has 1 saturated carbocycles. The van der Waals surface area contributed by atoms with E-state index in [1.807, 2.05) is 0 Å². The van der Waals surface area contributed by atoms with E-state index in [2.05, 4.69) is 11.8 Å². The fourth-order valence-corrected chi connectivity index (χ4v) is 8.36. The Labute approximate surface area is 244 Å². The first-order chi connectivity index (χ1) is 19.4. The van der Waals surface area contributed by atoms with E-state index in [0.29, 0.717) is 22.6 Å². The first-order valence-electron chi connectivity index (χ1n) is 11.8. The standard InChI is InChI=1S/C12H21OS2.C8HF17O3S/c13-12(11-4-2-1-3-5-11)10-15-8-6-14-7-9-15;9-1(10,3(13,14)5(17,18)7(21,22)23)2(11,12)4(15,16)6(19,20)8(24,25)29(26,27)28/h11H,1-10H2;(H,26,27,28)/q+1;/p-1. The zero-order valence-electron chi connectivity index (χ0n) is 21.4. The second kappa shape index (κ2) is 13.3. The third-order valence-corrected chi connectivity index (χ3v) is 11.1. The summed E-state index contributed by atoms with van der Waals surface area (Å²) in [5.41, 5.74) is 0. The summed E-state index contributed by atoms with van der Waals surface area (Å²) < 4.78 is 244. The smallest absolute Gasteiger partial charge is 0.460 e. The third kappa shape index (κ3) is 7.30. The predicted octanol–water partition coefficient (Wildman–Crippen LogP) is 7.00. The number of alkyl halides is 17. The monoisotopic (exact) mass is 744 g/mol. The molecule has 0 radical (unpaired) electrons. The topological polar surface area (TPSA) is 74.3 Å². The highest BCUT2D eigenvalue weighted by molar-refractivity contribution is 8.05. The zero-order valence-corrected chi connectivity index (χ0v) is 23.9. The number of hydrogen-bond donors (Lipinski definition) is 0. The molecule has 0 N–H and O–H groups in total. The Bertz CT molecular complexity index is 1100. The normalized spacial score (nSPS) is 19.8. The van der Waals surface area contributed by atoms with Crippen LogP contribution < -0.4 is 0 Å². The minimum atomic E-state index is -8.92. The van der Waals surface area contributed by atoms with Crippen molar-refractivity contribution in [2.24, 2.45) is 5.92 Å². The summed E-state index contributed by atoms with van der Waals surface area (Å²) in [4.78, 5) is 12.1. The van der Waals surface area contributed by atoms with Crippen LogP contribution in [0.4, 0.5) is 74.6 Å². The molecule has 0 bridgehead atoms. The molecule has 0 amide bonds. The van der Waals surface area contributed by atoms with Gasteiger partial charge in [0.15, 0.2) is 21.7 Å². The average molecular weight is 745 g/mol. The van der Waals surface area contributed by atoms with Crippen molar-refractivity contribution >= 4 is 38.6 Å². The molecule has 44 heavy (non-hydrogen) atoms. The number of ketones is 1. The summed E-state index contributed by atoms with van der Waals surface area (Å²) in [6.45, 7) is 0. The zero-order chi connectivity index (χ0) is 35.0. The van der Waals surface area contributed by atoms with Crippen LogP contribution in [0.5, 0.6) is 0 Å². The minimum absolute atomic E-state index is 0.445. The number of thioether (sulfide) groups is 1. The van der Waals surface area contributed by atoms with Crippen LogP contribution in [0, 0.1) is 5.92 Å². The molecule has 0 atom stereocenters. The van der Waals surface area contributed by atoms with Crippen LogP contribution in [0.3, 0.4) is 0 Å². The highest BCUT2D eigenvalue weighted by Crippen LogP contribution is 2.64. The molecule has 1 aliphatic heterocycles. The summed E-state index contributed by atoms with van der Waals surface area (Å²) >= 11 is 2.06. The van der Waals surface area contributed by atoms with Crippen molar-refractivity contribution in [3.05, 3.63) is 0 Å². The number of Topliss-reactive ketones (excluding diaryl/α,β-unsaturated/α-hetero) is 1. The van der Waals surface area contributed by atoms with Crippen molar-refractivity contribution in [2.75, 3.05) is 28.8 Å². The summed E-state index contributed by atoms with van der Waals surface area (Å²) in [5, 5.41) is -7.95. The Morgan fingerprint density at radius 2 is 1.00 bits per heavy atom. The molecule has 0 aromatic carbocycles. The van der Waals surface area contributed by atoms with Gasteiger partial charge in [0, 0.05) is 17.4 Å². The molecule has 1 heterocycles. The maximum Gasteiger partial charge on any atom is 0.460 e. The van der Waals surface area contributed by atoms with Crippen LogP contribution in [-0.4, -0.2) is 94.5 Å². The van der Waals surface area contributed by atoms with Crippen molar-refractivity contribution in [1.29, 1.82) is 0 Å². The first-order valence-corrected chi connectivity index (χ1v) is 16.1. The van der Waals surface area contributed by atoms with E-state index in [1.54, 1.807) is 0 Å². The summed E-state index contributed by atoms with van der Waals surface area (Å²) in [6.07, 6.45) is -1.59. The van der Waals surface area contributed by atoms with Gasteiger partial charge in [0.25, 0.3) is 0 Å². The largest absolute Gasteiger partial charge is 0.743 e. The molecule has 24 heteroatoms. The van der Waals surface area contributed by atoms with Gasteiger partial charge in [-0.3, -0.25) is 4.79 Å². The lowest BCUT2D eigenvalue weighted by molar-refractivity contribution is -0.458. The van der Waals surface area contributed by atoms with Gasteiger partial charge in [0.2, 0.25) is 0 Å². The van der Waals surface area contributed by atoms with Crippen LogP contribution in [-0.2, 0) is 25.8 Å². The highest BCUT2D eigenvalue weighted by atomic mass is 32.2. The van der Waals surface area contributed by atoms with Crippen LogP contribution in [0.25, 0.3) is 0 Å². The van der Waals surface area contributed by atoms with Crippen molar-refractivity contribution in [3.8, 4) is 0 Å². The predicted molar refractivity (Wildman–Crippen MR) is 121 cm³/mol. The van der Waals surface area contributed by atoms with Crippen molar-refractivity contribution in [3.63, 3.8) is 0 Å². The van der Waals surface area contributed by atoms with Crippen LogP contribution in [0.1, 0.15) is 32.1 Å². The molecule has 1 aliphatic carbocycles. The van der Waals surface area contributed by atoms with E-state index in [9.17, 15) is 92.4 Å². The van der Waals surface area contributed by atoms with Gasteiger partial charge >= 0.3 is 47.0 Å².